The van der Waals surface area contributed by atoms with Gasteiger partial charge in [0.25, 0.3) is 5.91 Å². The van der Waals surface area contributed by atoms with Crippen LogP contribution in [0.2, 0.25) is 5.02 Å². The first-order valence-electron chi connectivity index (χ1n) is 8.18. The first kappa shape index (κ1) is 18.8. The number of halogens is 2. The zero-order valence-electron chi connectivity index (χ0n) is 13.9. The molecule has 0 aromatic heterocycles. The van der Waals surface area contributed by atoms with Gasteiger partial charge in [-0.05, 0) is 55.0 Å². The largest absolute Gasteiger partial charge is 0.337 e. The van der Waals surface area contributed by atoms with Crippen LogP contribution in [-0.2, 0) is 10.0 Å². The molecule has 2 aromatic rings. The summed E-state index contributed by atoms with van der Waals surface area (Å²) >= 11 is 5.84. The van der Waals surface area contributed by atoms with Crippen LogP contribution < -0.4 is 0 Å². The van der Waals surface area contributed by atoms with Crippen molar-refractivity contribution in [1.82, 2.24) is 9.21 Å². The number of carbonyl (C=O) groups is 1. The Kier molecular flexibility index (Phi) is 5.60. The zero-order valence-corrected chi connectivity index (χ0v) is 15.5. The molecular weight excluding hydrogens is 379 g/mol. The van der Waals surface area contributed by atoms with Crippen LogP contribution in [0.15, 0.2) is 53.4 Å². The third-order valence-corrected chi connectivity index (χ3v) is 6.45. The number of hydrogen-bond donors (Lipinski definition) is 0. The molecule has 0 radical (unpaired) electrons. The first-order valence-corrected chi connectivity index (χ1v) is 10.0. The predicted molar refractivity (Wildman–Crippen MR) is 97.1 cm³/mol. The van der Waals surface area contributed by atoms with E-state index in [-0.39, 0.29) is 17.3 Å². The highest BCUT2D eigenvalue weighted by molar-refractivity contribution is 7.89. The smallest absolute Gasteiger partial charge is 0.253 e. The van der Waals surface area contributed by atoms with Gasteiger partial charge >= 0.3 is 0 Å². The number of sulfonamides is 1. The van der Waals surface area contributed by atoms with E-state index in [4.69, 9.17) is 11.6 Å². The van der Waals surface area contributed by atoms with Crippen molar-refractivity contribution < 1.29 is 17.6 Å². The van der Waals surface area contributed by atoms with E-state index in [0.717, 1.165) is 12.1 Å². The van der Waals surface area contributed by atoms with E-state index in [1.807, 2.05) is 0 Å². The first-order chi connectivity index (χ1) is 12.4. The average molecular weight is 397 g/mol. The molecule has 1 aliphatic rings. The molecule has 1 heterocycles. The summed E-state index contributed by atoms with van der Waals surface area (Å²) in [4.78, 5) is 14.3. The second kappa shape index (κ2) is 7.73. The maximum absolute atomic E-state index is 13.0. The Morgan fingerprint density at radius 3 is 2.23 bits per heavy atom. The van der Waals surface area contributed by atoms with E-state index in [9.17, 15) is 17.6 Å². The molecule has 1 aliphatic heterocycles. The van der Waals surface area contributed by atoms with Gasteiger partial charge in [-0.3, -0.25) is 4.79 Å². The van der Waals surface area contributed by atoms with Gasteiger partial charge < -0.3 is 4.90 Å². The van der Waals surface area contributed by atoms with Gasteiger partial charge in [0.2, 0.25) is 10.0 Å². The maximum atomic E-state index is 13.0. The lowest BCUT2D eigenvalue weighted by Crippen LogP contribution is -2.37. The van der Waals surface area contributed by atoms with Gasteiger partial charge in [-0.1, -0.05) is 11.6 Å². The second-order valence-electron chi connectivity index (χ2n) is 6.01. The molecule has 0 bridgehead atoms. The lowest BCUT2D eigenvalue weighted by molar-refractivity contribution is 0.0764. The van der Waals surface area contributed by atoms with Crippen molar-refractivity contribution in [3.05, 3.63) is 64.9 Å². The molecule has 1 amide bonds. The molecule has 138 valence electrons. The average Bonchev–Trinajstić information content (AvgIpc) is 2.89. The summed E-state index contributed by atoms with van der Waals surface area (Å²) in [6, 6.07) is 11.4. The molecule has 3 rings (SSSR count). The molecule has 1 saturated heterocycles. The van der Waals surface area contributed by atoms with Crippen molar-refractivity contribution in [2.75, 3.05) is 26.2 Å². The van der Waals surface area contributed by atoms with Crippen molar-refractivity contribution in [3.8, 4) is 0 Å². The van der Waals surface area contributed by atoms with Gasteiger partial charge in [0.1, 0.15) is 5.82 Å². The van der Waals surface area contributed by atoms with Gasteiger partial charge in [0.05, 0.1) is 4.90 Å². The van der Waals surface area contributed by atoms with Crippen molar-refractivity contribution in [3.63, 3.8) is 0 Å². The zero-order chi connectivity index (χ0) is 18.7. The van der Waals surface area contributed by atoms with Gasteiger partial charge in [-0.15, -0.1) is 0 Å². The Labute approximate surface area is 157 Å². The summed E-state index contributed by atoms with van der Waals surface area (Å²) in [5, 5.41) is 0.550. The van der Waals surface area contributed by atoms with E-state index < -0.39 is 15.8 Å². The Morgan fingerprint density at radius 1 is 0.923 bits per heavy atom. The molecule has 2 aromatic carbocycles. The van der Waals surface area contributed by atoms with E-state index >= 15 is 0 Å². The van der Waals surface area contributed by atoms with E-state index in [1.165, 1.54) is 16.4 Å². The van der Waals surface area contributed by atoms with Crippen molar-refractivity contribution in [2.24, 2.45) is 0 Å². The number of amides is 1. The lowest BCUT2D eigenvalue weighted by atomic mass is 10.2. The monoisotopic (exact) mass is 396 g/mol. The van der Waals surface area contributed by atoms with E-state index in [1.54, 1.807) is 29.2 Å². The third-order valence-electron chi connectivity index (χ3n) is 4.28. The maximum Gasteiger partial charge on any atom is 0.253 e. The highest BCUT2D eigenvalue weighted by atomic mass is 35.5. The van der Waals surface area contributed by atoms with Gasteiger partial charge in [0, 0.05) is 36.8 Å². The summed E-state index contributed by atoms with van der Waals surface area (Å²) < 4.78 is 39.8. The van der Waals surface area contributed by atoms with Crippen LogP contribution in [0.1, 0.15) is 16.8 Å². The standard InChI is InChI=1S/C18H18ClFN2O3S/c19-15-4-2-14(3-5-15)18(23)21-10-1-11-22(13-12-21)26(24,25)17-8-6-16(20)7-9-17/h2-9H,1,10-13H2. The molecule has 0 atom stereocenters. The molecule has 26 heavy (non-hydrogen) atoms. The van der Waals surface area contributed by atoms with Gasteiger partial charge in [-0.2, -0.15) is 4.31 Å². The van der Waals surface area contributed by atoms with Crippen LogP contribution in [0, 0.1) is 5.82 Å². The molecule has 0 unspecified atom stereocenters. The van der Waals surface area contributed by atoms with E-state index in [0.29, 0.717) is 36.6 Å². The fourth-order valence-electron chi connectivity index (χ4n) is 2.87. The number of hydrogen-bond acceptors (Lipinski definition) is 3. The fourth-order valence-corrected chi connectivity index (χ4v) is 4.46. The highest BCUT2D eigenvalue weighted by Gasteiger charge is 2.28. The number of carbonyl (C=O) groups excluding carboxylic acids is 1. The van der Waals surface area contributed by atoms with Crippen molar-refractivity contribution in [2.45, 2.75) is 11.3 Å². The minimum Gasteiger partial charge on any atom is -0.337 e. The Morgan fingerprint density at radius 2 is 1.58 bits per heavy atom. The molecule has 0 N–H and O–H groups in total. The Bertz CT molecular complexity index is 886. The second-order valence-corrected chi connectivity index (χ2v) is 8.39. The normalized spacial score (nSPS) is 16.3. The number of rotatable bonds is 3. The molecular formula is C18H18ClFN2O3S. The van der Waals surface area contributed by atoms with Crippen molar-refractivity contribution in [1.29, 1.82) is 0 Å². The minimum atomic E-state index is -3.71. The van der Waals surface area contributed by atoms with Gasteiger partial charge in [0.15, 0.2) is 0 Å². The summed E-state index contributed by atoms with van der Waals surface area (Å²) in [7, 11) is -3.71. The Hall–Kier alpha value is -1.96. The van der Waals surface area contributed by atoms with Crippen LogP contribution in [0.4, 0.5) is 4.39 Å². The molecule has 8 heteroatoms. The van der Waals surface area contributed by atoms with Gasteiger partial charge in [-0.25, -0.2) is 12.8 Å². The molecule has 0 saturated carbocycles. The van der Waals surface area contributed by atoms with Crippen molar-refractivity contribution >= 4 is 27.5 Å². The van der Waals surface area contributed by atoms with Crippen LogP contribution in [-0.4, -0.2) is 49.7 Å². The quantitative estimate of drug-likeness (QED) is 0.801. The molecule has 0 spiro atoms. The minimum absolute atomic E-state index is 0.0522. The van der Waals surface area contributed by atoms with E-state index in [2.05, 4.69) is 0 Å². The van der Waals surface area contributed by atoms with Crippen LogP contribution in [0.5, 0.6) is 0 Å². The summed E-state index contributed by atoms with van der Waals surface area (Å²) in [6.45, 7) is 1.27. The summed E-state index contributed by atoms with van der Waals surface area (Å²) in [6.07, 6.45) is 0.528. The Balaban J connectivity index is 1.72. The SMILES string of the molecule is O=C(c1ccc(Cl)cc1)N1CCCN(S(=O)(=O)c2ccc(F)cc2)CC1. The lowest BCUT2D eigenvalue weighted by Gasteiger charge is -2.22. The number of benzene rings is 2. The topological polar surface area (TPSA) is 57.7 Å². The fraction of sp³-hybridized carbons (Fsp3) is 0.278. The molecule has 0 aliphatic carbocycles. The molecule has 5 nitrogen and oxygen atoms in total. The summed E-state index contributed by atoms with van der Waals surface area (Å²) in [5.41, 5.74) is 0.518. The van der Waals surface area contributed by atoms with Crippen LogP contribution >= 0.6 is 11.6 Å². The third kappa shape index (κ3) is 4.06. The van der Waals surface area contributed by atoms with Crippen LogP contribution in [0.3, 0.4) is 0 Å². The summed E-state index contributed by atoms with van der Waals surface area (Å²) in [5.74, 6) is -0.637. The predicted octanol–water partition coefficient (Wildman–Crippen LogP) is 3.02. The highest BCUT2D eigenvalue weighted by Crippen LogP contribution is 2.19. The number of nitrogens with zero attached hydrogens (tertiary/aromatic N) is 2. The molecule has 1 fully saturated rings. The van der Waals surface area contributed by atoms with Crippen LogP contribution in [0.25, 0.3) is 0 Å².